The van der Waals surface area contributed by atoms with Crippen LogP contribution in [0.3, 0.4) is 0 Å². The highest BCUT2D eigenvalue weighted by Crippen LogP contribution is 2.23. The Morgan fingerprint density at radius 1 is 1.19 bits per heavy atom. The second-order valence-corrected chi connectivity index (χ2v) is 6.91. The molecule has 0 spiro atoms. The molecule has 1 aliphatic rings. The fourth-order valence-electron chi connectivity index (χ4n) is 3.28. The van der Waals surface area contributed by atoms with Crippen LogP contribution in [0.15, 0.2) is 41.3 Å². The molecule has 1 aliphatic heterocycles. The molecule has 138 valence electrons. The lowest BCUT2D eigenvalue weighted by Gasteiger charge is -2.27. The molecule has 5 nitrogen and oxygen atoms in total. The van der Waals surface area contributed by atoms with Crippen LogP contribution in [0.1, 0.15) is 16.8 Å². The number of H-pyrrole nitrogens is 2. The predicted octanol–water partition coefficient (Wildman–Crippen LogP) is 3.33. The summed E-state index contributed by atoms with van der Waals surface area (Å²) in [6.45, 7) is 1.90. The van der Waals surface area contributed by atoms with E-state index in [9.17, 15) is 13.6 Å². The summed E-state index contributed by atoms with van der Waals surface area (Å²) >= 11 is 5.01. The first-order valence-corrected chi connectivity index (χ1v) is 8.87. The quantitative estimate of drug-likeness (QED) is 0.678. The standard InChI is InChI=1S/C19H16F2N4OS/c20-12-2-3-15(21)13(7-12)16-4-1-11(8-22-16)9-25-6-5-17-14(10-25)18(26)24-19(27)23-17/h1-4,7-8H,5-6,9-10H2,(H2,23,24,26,27). The molecule has 0 radical (unpaired) electrons. The summed E-state index contributed by atoms with van der Waals surface area (Å²) in [6, 6.07) is 6.82. The second kappa shape index (κ2) is 7.13. The average Bonchev–Trinajstić information content (AvgIpc) is 2.65. The molecule has 0 saturated carbocycles. The van der Waals surface area contributed by atoms with Gasteiger partial charge in [-0.3, -0.25) is 19.7 Å². The zero-order chi connectivity index (χ0) is 19.0. The SMILES string of the molecule is O=c1[nH]c(=S)[nH]c2c1CN(Cc1ccc(-c3cc(F)ccc3F)nc1)CC2. The number of aromatic nitrogens is 3. The van der Waals surface area contributed by atoms with Gasteiger partial charge in [0.15, 0.2) is 4.77 Å². The largest absolute Gasteiger partial charge is 0.335 e. The summed E-state index contributed by atoms with van der Waals surface area (Å²) < 4.78 is 27.6. The fraction of sp³-hybridized carbons (Fsp3) is 0.211. The molecule has 4 rings (SSSR count). The van der Waals surface area contributed by atoms with Crippen molar-refractivity contribution in [1.82, 2.24) is 19.9 Å². The first-order chi connectivity index (χ1) is 13.0. The van der Waals surface area contributed by atoms with Crippen molar-refractivity contribution < 1.29 is 8.78 Å². The highest BCUT2D eigenvalue weighted by Gasteiger charge is 2.20. The Labute approximate surface area is 158 Å². The monoisotopic (exact) mass is 386 g/mol. The van der Waals surface area contributed by atoms with E-state index in [4.69, 9.17) is 12.2 Å². The van der Waals surface area contributed by atoms with E-state index in [0.717, 1.165) is 36.0 Å². The van der Waals surface area contributed by atoms with E-state index in [0.29, 0.717) is 35.5 Å². The van der Waals surface area contributed by atoms with Crippen LogP contribution in [0.4, 0.5) is 8.78 Å². The molecule has 2 N–H and O–H groups in total. The van der Waals surface area contributed by atoms with Crippen LogP contribution >= 0.6 is 12.2 Å². The Hall–Kier alpha value is -2.71. The molecule has 8 heteroatoms. The van der Waals surface area contributed by atoms with Crippen molar-refractivity contribution in [3.05, 3.63) is 80.1 Å². The van der Waals surface area contributed by atoms with Crippen LogP contribution < -0.4 is 5.56 Å². The van der Waals surface area contributed by atoms with Gasteiger partial charge in [0.1, 0.15) is 11.6 Å². The third-order valence-corrected chi connectivity index (χ3v) is 4.83. The Bertz CT molecular complexity index is 1110. The number of pyridine rings is 1. The number of rotatable bonds is 3. The number of nitrogens with one attached hydrogen (secondary N) is 2. The van der Waals surface area contributed by atoms with Gasteiger partial charge >= 0.3 is 0 Å². The van der Waals surface area contributed by atoms with E-state index in [-0.39, 0.29) is 11.1 Å². The Kier molecular flexibility index (Phi) is 4.67. The molecular weight excluding hydrogens is 370 g/mol. The maximum atomic E-state index is 13.9. The van der Waals surface area contributed by atoms with Gasteiger partial charge in [0, 0.05) is 43.5 Å². The van der Waals surface area contributed by atoms with E-state index in [1.807, 2.05) is 6.07 Å². The lowest BCUT2D eigenvalue weighted by molar-refractivity contribution is 0.241. The zero-order valence-corrected chi connectivity index (χ0v) is 15.1. The third kappa shape index (κ3) is 3.72. The van der Waals surface area contributed by atoms with E-state index < -0.39 is 11.6 Å². The molecule has 0 fully saturated rings. The number of halogens is 2. The molecule has 0 saturated heterocycles. The summed E-state index contributed by atoms with van der Waals surface area (Å²) in [5, 5.41) is 0. The van der Waals surface area contributed by atoms with Crippen molar-refractivity contribution in [2.24, 2.45) is 0 Å². The molecule has 0 amide bonds. The van der Waals surface area contributed by atoms with Crippen LogP contribution in [0, 0.1) is 16.4 Å². The highest BCUT2D eigenvalue weighted by atomic mass is 32.1. The maximum absolute atomic E-state index is 13.9. The molecule has 27 heavy (non-hydrogen) atoms. The summed E-state index contributed by atoms with van der Waals surface area (Å²) in [7, 11) is 0. The lowest BCUT2D eigenvalue weighted by atomic mass is 10.1. The lowest BCUT2D eigenvalue weighted by Crippen LogP contribution is -2.35. The van der Waals surface area contributed by atoms with E-state index >= 15 is 0 Å². The van der Waals surface area contributed by atoms with Crippen LogP contribution in [0.25, 0.3) is 11.3 Å². The molecule has 0 atom stereocenters. The smallest absolute Gasteiger partial charge is 0.256 e. The van der Waals surface area contributed by atoms with Crippen molar-refractivity contribution in [1.29, 1.82) is 0 Å². The fourth-order valence-corrected chi connectivity index (χ4v) is 3.49. The van der Waals surface area contributed by atoms with Crippen LogP contribution in [0.2, 0.25) is 0 Å². The first kappa shape index (κ1) is 17.7. The van der Waals surface area contributed by atoms with Crippen molar-refractivity contribution in [2.75, 3.05) is 6.54 Å². The summed E-state index contributed by atoms with van der Waals surface area (Å²) in [5.41, 5.74) is 2.86. The molecule has 0 aliphatic carbocycles. The van der Waals surface area contributed by atoms with Gasteiger partial charge in [0.05, 0.1) is 11.3 Å². The van der Waals surface area contributed by atoms with Gasteiger partial charge in [-0.2, -0.15) is 0 Å². The van der Waals surface area contributed by atoms with Crippen LogP contribution in [0.5, 0.6) is 0 Å². The highest BCUT2D eigenvalue weighted by molar-refractivity contribution is 7.71. The predicted molar refractivity (Wildman–Crippen MR) is 99.7 cm³/mol. The van der Waals surface area contributed by atoms with Crippen LogP contribution in [-0.4, -0.2) is 26.4 Å². The Balaban J connectivity index is 1.52. The zero-order valence-electron chi connectivity index (χ0n) is 14.3. The maximum Gasteiger partial charge on any atom is 0.256 e. The van der Waals surface area contributed by atoms with Crippen molar-refractivity contribution in [3.8, 4) is 11.3 Å². The summed E-state index contributed by atoms with van der Waals surface area (Å²) in [6.07, 6.45) is 2.36. The summed E-state index contributed by atoms with van der Waals surface area (Å²) in [5.74, 6) is -1.02. The number of hydrogen-bond acceptors (Lipinski definition) is 4. The molecule has 2 aromatic heterocycles. The summed E-state index contributed by atoms with van der Waals surface area (Å²) in [4.78, 5) is 24.2. The minimum atomic E-state index is -0.513. The molecule has 0 unspecified atom stereocenters. The second-order valence-electron chi connectivity index (χ2n) is 6.50. The molecule has 1 aromatic carbocycles. The number of fused-ring (bicyclic) bond motifs is 1. The first-order valence-electron chi connectivity index (χ1n) is 8.46. The molecule has 3 heterocycles. The van der Waals surface area contributed by atoms with Crippen molar-refractivity contribution in [2.45, 2.75) is 19.5 Å². The number of hydrogen-bond donors (Lipinski definition) is 2. The minimum Gasteiger partial charge on any atom is -0.335 e. The van der Waals surface area contributed by atoms with E-state index in [1.54, 1.807) is 12.3 Å². The van der Waals surface area contributed by atoms with Gasteiger partial charge in [0.25, 0.3) is 5.56 Å². The van der Waals surface area contributed by atoms with E-state index in [1.165, 1.54) is 0 Å². The van der Waals surface area contributed by atoms with E-state index in [2.05, 4.69) is 19.9 Å². The van der Waals surface area contributed by atoms with Gasteiger partial charge in [-0.25, -0.2) is 8.78 Å². The van der Waals surface area contributed by atoms with Gasteiger partial charge in [-0.1, -0.05) is 6.07 Å². The molecular formula is C19H16F2N4OS. The third-order valence-electron chi connectivity index (χ3n) is 4.62. The minimum absolute atomic E-state index is 0.134. The van der Waals surface area contributed by atoms with Gasteiger partial charge in [0.2, 0.25) is 0 Å². The van der Waals surface area contributed by atoms with Gasteiger partial charge in [-0.05, 0) is 42.0 Å². The molecule has 3 aromatic rings. The normalized spacial score (nSPS) is 14.1. The Morgan fingerprint density at radius 3 is 2.81 bits per heavy atom. The Morgan fingerprint density at radius 2 is 2.04 bits per heavy atom. The number of nitrogens with zero attached hydrogens (tertiary/aromatic N) is 2. The van der Waals surface area contributed by atoms with Crippen molar-refractivity contribution in [3.63, 3.8) is 0 Å². The number of benzene rings is 1. The van der Waals surface area contributed by atoms with Crippen LogP contribution in [-0.2, 0) is 19.5 Å². The van der Waals surface area contributed by atoms with Gasteiger partial charge in [-0.15, -0.1) is 0 Å². The topological polar surface area (TPSA) is 64.8 Å². The average molecular weight is 386 g/mol. The number of aromatic amines is 2. The van der Waals surface area contributed by atoms with Gasteiger partial charge < -0.3 is 4.98 Å². The molecule has 0 bridgehead atoms. The van der Waals surface area contributed by atoms with Crippen molar-refractivity contribution >= 4 is 12.2 Å².